The highest BCUT2D eigenvalue weighted by Crippen LogP contribution is 2.34. The van der Waals surface area contributed by atoms with E-state index in [1.807, 2.05) is 0 Å². The van der Waals surface area contributed by atoms with Gasteiger partial charge in [-0.05, 0) is 25.7 Å². The predicted octanol–water partition coefficient (Wildman–Crippen LogP) is -0.0271. The van der Waals surface area contributed by atoms with Crippen molar-refractivity contribution in [3.63, 3.8) is 0 Å². The van der Waals surface area contributed by atoms with Gasteiger partial charge in [-0.25, -0.2) is 4.79 Å². The van der Waals surface area contributed by atoms with Crippen LogP contribution in [0.1, 0.15) is 25.7 Å². The molecule has 0 aromatic heterocycles. The van der Waals surface area contributed by atoms with Gasteiger partial charge in [0.1, 0.15) is 0 Å². The second kappa shape index (κ2) is 2.62. The molecule has 0 heterocycles. The molecule has 12 heavy (non-hydrogen) atoms. The van der Waals surface area contributed by atoms with E-state index in [1.54, 1.807) is 0 Å². The Labute approximate surface area is 71.3 Å². The van der Waals surface area contributed by atoms with E-state index in [1.165, 1.54) is 0 Å². The zero-order chi connectivity index (χ0) is 8.60. The van der Waals surface area contributed by atoms with Crippen LogP contribution in [0.25, 0.3) is 0 Å². The topological polar surface area (TPSA) is 61.4 Å². The number of nitrogens with one attached hydrogen (secondary N) is 2. The minimum absolute atomic E-state index is 0.0606. The highest BCUT2D eigenvalue weighted by Gasteiger charge is 2.43. The molecule has 0 unspecified atom stereocenters. The summed E-state index contributed by atoms with van der Waals surface area (Å²) >= 11 is 0. The normalized spacial score (nSPS) is 24.8. The maximum atomic E-state index is 11.2. The maximum Gasteiger partial charge on any atom is 0.315 e. The molecule has 2 rings (SSSR count). The van der Waals surface area contributed by atoms with Gasteiger partial charge < -0.3 is 15.7 Å². The second-order valence-corrected chi connectivity index (χ2v) is 3.81. The first kappa shape index (κ1) is 7.86. The van der Waals surface area contributed by atoms with Crippen molar-refractivity contribution in [2.24, 2.45) is 0 Å². The number of rotatable bonds is 3. The summed E-state index contributed by atoms with van der Waals surface area (Å²) in [5.74, 6) is 0. The molecule has 2 saturated carbocycles. The third-order valence-corrected chi connectivity index (χ3v) is 2.45. The first-order chi connectivity index (χ1) is 5.74. The molecule has 2 fully saturated rings. The van der Waals surface area contributed by atoms with Gasteiger partial charge in [-0.2, -0.15) is 0 Å². The third kappa shape index (κ3) is 1.69. The molecule has 4 nitrogen and oxygen atoms in total. The summed E-state index contributed by atoms with van der Waals surface area (Å²) in [6.45, 7) is 0.0606. The molecule has 3 N–H and O–H groups in total. The molecule has 2 aliphatic carbocycles. The summed E-state index contributed by atoms with van der Waals surface area (Å²) in [5.41, 5.74) is -0.279. The standard InChI is InChI=1S/C8H14N2O2/c11-5-8(3-4-8)10-7(12)9-6-1-2-6/h6,11H,1-5H2,(H2,9,10,12). The van der Waals surface area contributed by atoms with Gasteiger partial charge in [-0.1, -0.05) is 0 Å². The van der Waals surface area contributed by atoms with Crippen molar-refractivity contribution in [3.8, 4) is 0 Å². The fourth-order valence-electron chi connectivity index (χ4n) is 1.16. The van der Waals surface area contributed by atoms with Gasteiger partial charge in [0.2, 0.25) is 0 Å². The molecule has 0 bridgehead atoms. The largest absolute Gasteiger partial charge is 0.394 e. The molecule has 0 aliphatic heterocycles. The Kier molecular flexibility index (Phi) is 1.72. The summed E-state index contributed by atoms with van der Waals surface area (Å²) < 4.78 is 0. The number of hydrogen-bond acceptors (Lipinski definition) is 2. The van der Waals surface area contributed by atoms with E-state index in [2.05, 4.69) is 10.6 Å². The van der Waals surface area contributed by atoms with Gasteiger partial charge in [0.25, 0.3) is 0 Å². The van der Waals surface area contributed by atoms with Gasteiger partial charge in [-0.3, -0.25) is 0 Å². The van der Waals surface area contributed by atoms with E-state index < -0.39 is 0 Å². The van der Waals surface area contributed by atoms with Crippen molar-refractivity contribution in [3.05, 3.63) is 0 Å². The zero-order valence-electron chi connectivity index (χ0n) is 6.97. The van der Waals surface area contributed by atoms with Crippen LogP contribution in [0.5, 0.6) is 0 Å². The van der Waals surface area contributed by atoms with Gasteiger partial charge in [-0.15, -0.1) is 0 Å². The quantitative estimate of drug-likeness (QED) is 0.557. The summed E-state index contributed by atoms with van der Waals surface area (Å²) in [6.07, 6.45) is 4.00. The average molecular weight is 170 g/mol. The average Bonchev–Trinajstić information content (AvgIpc) is 2.86. The molecule has 0 radical (unpaired) electrons. The van der Waals surface area contributed by atoms with Crippen LogP contribution in [0, 0.1) is 0 Å². The lowest BCUT2D eigenvalue weighted by Gasteiger charge is -2.14. The number of amides is 2. The third-order valence-electron chi connectivity index (χ3n) is 2.45. The predicted molar refractivity (Wildman–Crippen MR) is 43.7 cm³/mol. The Balaban J connectivity index is 1.74. The van der Waals surface area contributed by atoms with Gasteiger partial charge in [0.15, 0.2) is 0 Å². The Morgan fingerprint density at radius 2 is 2.17 bits per heavy atom. The molecule has 0 spiro atoms. The van der Waals surface area contributed by atoms with Crippen molar-refractivity contribution >= 4 is 6.03 Å². The highest BCUT2D eigenvalue weighted by molar-refractivity contribution is 5.76. The van der Waals surface area contributed by atoms with Crippen LogP contribution in [0.15, 0.2) is 0 Å². The van der Waals surface area contributed by atoms with E-state index in [4.69, 9.17) is 5.11 Å². The van der Waals surface area contributed by atoms with Gasteiger partial charge >= 0.3 is 6.03 Å². The highest BCUT2D eigenvalue weighted by atomic mass is 16.3. The lowest BCUT2D eigenvalue weighted by Crippen LogP contribution is -2.46. The molecule has 4 heteroatoms. The van der Waals surface area contributed by atoms with Crippen molar-refractivity contribution in [1.82, 2.24) is 10.6 Å². The van der Waals surface area contributed by atoms with E-state index in [-0.39, 0.29) is 18.2 Å². The molecule has 68 valence electrons. The summed E-state index contributed by atoms with van der Waals surface area (Å²) in [4.78, 5) is 11.2. The lowest BCUT2D eigenvalue weighted by molar-refractivity contribution is 0.209. The minimum Gasteiger partial charge on any atom is -0.394 e. The van der Waals surface area contributed by atoms with Gasteiger partial charge in [0.05, 0.1) is 12.1 Å². The Morgan fingerprint density at radius 3 is 2.58 bits per heavy atom. The number of hydrogen-bond donors (Lipinski definition) is 3. The SMILES string of the molecule is O=C(NC1CC1)NC1(CO)CC1. The number of aliphatic hydroxyl groups is 1. The molecule has 2 amide bonds. The van der Waals surface area contributed by atoms with Crippen LogP contribution in [0.4, 0.5) is 4.79 Å². The smallest absolute Gasteiger partial charge is 0.315 e. The van der Waals surface area contributed by atoms with Crippen molar-refractivity contribution in [2.45, 2.75) is 37.3 Å². The maximum absolute atomic E-state index is 11.2. The molecule has 0 atom stereocenters. The Hall–Kier alpha value is -0.770. The zero-order valence-corrected chi connectivity index (χ0v) is 6.97. The first-order valence-corrected chi connectivity index (χ1v) is 4.44. The summed E-state index contributed by atoms with van der Waals surface area (Å²) in [6, 6.07) is 0.267. The molecular weight excluding hydrogens is 156 g/mol. The van der Waals surface area contributed by atoms with Crippen molar-refractivity contribution in [2.75, 3.05) is 6.61 Å². The molecule has 0 aromatic carbocycles. The fraction of sp³-hybridized carbons (Fsp3) is 0.875. The number of carbonyl (C=O) groups is 1. The molecule has 2 aliphatic rings. The van der Waals surface area contributed by atoms with Crippen molar-refractivity contribution in [1.29, 1.82) is 0 Å². The van der Waals surface area contributed by atoms with Crippen LogP contribution in [-0.2, 0) is 0 Å². The summed E-state index contributed by atoms with van der Waals surface area (Å²) in [5, 5.41) is 14.5. The first-order valence-electron chi connectivity index (χ1n) is 4.44. The molecule has 0 saturated heterocycles. The number of carbonyl (C=O) groups excluding carboxylic acids is 1. The lowest BCUT2D eigenvalue weighted by atomic mass is 10.3. The van der Waals surface area contributed by atoms with E-state index >= 15 is 0 Å². The van der Waals surface area contributed by atoms with Gasteiger partial charge in [0, 0.05) is 6.04 Å². The monoisotopic (exact) mass is 170 g/mol. The Morgan fingerprint density at radius 1 is 1.50 bits per heavy atom. The van der Waals surface area contributed by atoms with Crippen LogP contribution >= 0.6 is 0 Å². The minimum atomic E-state index is -0.279. The van der Waals surface area contributed by atoms with E-state index in [9.17, 15) is 4.79 Å². The van der Waals surface area contributed by atoms with Crippen LogP contribution in [-0.4, -0.2) is 29.3 Å². The van der Waals surface area contributed by atoms with Crippen LogP contribution < -0.4 is 10.6 Å². The number of aliphatic hydroxyl groups excluding tert-OH is 1. The second-order valence-electron chi connectivity index (χ2n) is 3.81. The van der Waals surface area contributed by atoms with E-state index in [0.717, 1.165) is 25.7 Å². The molecular formula is C8H14N2O2. The Bertz CT molecular complexity index is 197. The fourth-order valence-corrected chi connectivity index (χ4v) is 1.16. The van der Waals surface area contributed by atoms with Crippen LogP contribution in [0.3, 0.4) is 0 Å². The molecule has 0 aromatic rings. The van der Waals surface area contributed by atoms with Crippen molar-refractivity contribution < 1.29 is 9.90 Å². The van der Waals surface area contributed by atoms with E-state index in [0.29, 0.717) is 6.04 Å². The summed E-state index contributed by atoms with van der Waals surface area (Å²) in [7, 11) is 0. The van der Waals surface area contributed by atoms with Crippen LogP contribution in [0.2, 0.25) is 0 Å². The number of urea groups is 1.